The molecule has 37 heavy (non-hydrogen) atoms. The van der Waals surface area contributed by atoms with Crippen LogP contribution in [0, 0.1) is 6.92 Å². The SMILES string of the molecule is CCOC(=O)C[C@H](NC(=O)Nc1c(O)c(C)cn(C)c1=O)c1ccc(OC)c(-c2cccc(OC)c2)c1. The van der Waals surface area contributed by atoms with Crippen molar-refractivity contribution in [1.82, 2.24) is 9.88 Å². The average molecular weight is 510 g/mol. The summed E-state index contributed by atoms with van der Waals surface area (Å²) in [6, 6.07) is 11.1. The standard InChI is InChI=1S/C27H31N3O7/c1-6-37-23(31)14-21(28-27(34)29-24-25(32)16(2)15-30(3)26(24)33)18-10-11-22(36-5)20(13-18)17-8-7-9-19(12-17)35-4/h7-13,15,21,32H,6,14H2,1-5H3,(H2,28,29,34)/t21-/m0/s1. The van der Waals surface area contributed by atoms with Crippen molar-refractivity contribution in [3.8, 4) is 28.4 Å². The molecule has 1 atom stereocenters. The first-order valence-corrected chi connectivity index (χ1v) is 11.6. The summed E-state index contributed by atoms with van der Waals surface area (Å²) in [6.45, 7) is 3.49. The third-order valence-electron chi connectivity index (χ3n) is 5.76. The Morgan fingerprint density at radius 3 is 2.54 bits per heavy atom. The molecule has 3 rings (SSSR count). The summed E-state index contributed by atoms with van der Waals surface area (Å²) in [5.74, 6) is 0.403. The molecular weight excluding hydrogens is 478 g/mol. The van der Waals surface area contributed by atoms with Crippen molar-refractivity contribution < 1.29 is 28.9 Å². The Labute approximate surface area is 214 Å². The molecule has 0 saturated heterocycles. The van der Waals surface area contributed by atoms with E-state index in [1.165, 1.54) is 17.8 Å². The van der Waals surface area contributed by atoms with Crippen LogP contribution >= 0.6 is 0 Å². The van der Waals surface area contributed by atoms with E-state index in [1.54, 1.807) is 46.3 Å². The molecular formula is C27H31N3O7. The molecule has 196 valence electrons. The number of hydrogen-bond donors (Lipinski definition) is 3. The van der Waals surface area contributed by atoms with E-state index in [4.69, 9.17) is 14.2 Å². The second-order valence-corrected chi connectivity index (χ2v) is 8.30. The van der Waals surface area contributed by atoms with Gasteiger partial charge in [-0.15, -0.1) is 0 Å². The van der Waals surface area contributed by atoms with Crippen LogP contribution in [0.1, 0.15) is 30.5 Å². The Morgan fingerprint density at radius 1 is 1.11 bits per heavy atom. The summed E-state index contributed by atoms with van der Waals surface area (Å²) in [5.41, 5.74) is 1.71. The summed E-state index contributed by atoms with van der Waals surface area (Å²) in [6.07, 6.45) is 1.30. The van der Waals surface area contributed by atoms with E-state index in [-0.39, 0.29) is 24.5 Å². The van der Waals surface area contributed by atoms with Crippen LogP contribution in [-0.2, 0) is 16.6 Å². The fourth-order valence-electron chi connectivity index (χ4n) is 3.90. The molecule has 0 spiro atoms. The van der Waals surface area contributed by atoms with Crippen LogP contribution in [-0.4, -0.2) is 42.5 Å². The Morgan fingerprint density at radius 2 is 1.86 bits per heavy atom. The number of methoxy groups -OCH3 is 2. The van der Waals surface area contributed by atoms with Gasteiger partial charge < -0.3 is 34.5 Å². The molecule has 10 heteroatoms. The summed E-state index contributed by atoms with van der Waals surface area (Å²) >= 11 is 0. The number of urea groups is 1. The zero-order valence-electron chi connectivity index (χ0n) is 21.5. The van der Waals surface area contributed by atoms with Gasteiger partial charge in [0.05, 0.1) is 33.3 Å². The maximum absolute atomic E-state index is 12.9. The number of anilines is 1. The van der Waals surface area contributed by atoms with Gasteiger partial charge in [-0.05, 0) is 49.2 Å². The van der Waals surface area contributed by atoms with Gasteiger partial charge in [-0.1, -0.05) is 18.2 Å². The van der Waals surface area contributed by atoms with Gasteiger partial charge in [0.2, 0.25) is 0 Å². The van der Waals surface area contributed by atoms with Crippen molar-refractivity contribution in [3.05, 3.63) is 70.1 Å². The highest BCUT2D eigenvalue weighted by Crippen LogP contribution is 2.35. The first-order chi connectivity index (χ1) is 17.7. The monoisotopic (exact) mass is 509 g/mol. The van der Waals surface area contributed by atoms with E-state index in [0.29, 0.717) is 22.6 Å². The highest BCUT2D eigenvalue weighted by Gasteiger charge is 2.23. The minimum atomic E-state index is -0.815. The molecule has 0 aliphatic rings. The number of nitrogens with one attached hydrogen (secondary N) is 2. The molecule has 0 aliphatic heterocycles. The molecule has 1 aromatic heterocycles. The maximum Gasteiger partial charge on any atom is 0.319 e. The lowest BCUT2D eigenvalue weighted by molar-refractivity contribution is -0.143. The van der Waals surface area contributed by atoms with E-state index in [1.807, 2.05) is 24.3 Å². The van der Waals surface area contributed by atoms with Crippen LogP contribution in [0.4, 0.5) is 10.5 Å². The Hall–Kier alpha value is -4.47. The van der Waals surface area contributed by atoms with Gasteiger partial charge in [0, 0.05) is 24.4 Å². The van der Waals surface area contributed by atoms with Crippen LogP contribution < -0.4 is 25.7 Å². The first kappa shape index (κ1) is 27.1. The van der Waals surface area contributed by atoms with Crippen molar-refractivity contribution in [2.24, 2.45) is 7.05 Å². The summed E-state index contributed by atoms with van der Waals surface area (Å²) in [7, 11) is 4.64. The van der Waals surface area contributed by atoms with E-state index in [2.05, 4.69) is 10.6 Å². The zero-order chi connectivity index (χ0) is 27.1. The number of esters is 1. The number of aromatic nitrogens is 1. The van der Waals surface area contributed by atoms with Gasteiger partial charge in [0.15, 0.2) is 5.69 Å². The average Bonchev–Trinajstić information content (AvgIpc) is 2.89. The van der Waals surface area contributed by atoms with Gasteiger partial charge >= 0.3 is 12.0 Å². The highest BCUT2D eigenvalue weighted by atomic mass is 16.5. The third-order valence-corrected chi connectivity index (χ3v) is 5.76. The van der Waals surface area contributed by atoms with Crippen LogP contribution in [0.5, 0.6) is 17.2 Å². The molecule has 3 aromatic rings. The van der Waals surface area contributed by atoms with Crippen molar-refractivity contribution in [2.75, 3.05) is 26.1 Å². The number of nitrogens with zero attached hydrogens (tertiary/aromatic N) is 1. The lowest BCUT2D eigenvalue weighted by atomic mass is 9.96. The second-order valence-electron chi connectivity index (χ2n) is 8.30. The molecule has 0 radical (unpaired) electrons. The fraction of sp³-hybridized carbons (Fsp3) is 0.296. The fourth-order valence-corrected chi connectivity index (χ4v) is 3.90. The molecule has 0 saturated carbocycles. The predicted molar refractivity (Wildman–Crippen MR) is 139 cm³/mol. The smallest absolute Gasteiger partial charge is 0.319 e. The molecule has 2 aromatic carbocycles. The molecule has 1 heterocycles. The number of aryl methyl sites for hydroxylation is 2. The van der Waals surface area contributed by atoms with Gasteiger partial charge in [0.25, 0.3) is 5.56 Å². The molecule has 0 aliphatic carbocycles. The number of aromatic hydroxyl groups is 1. The quantitative estimate of drug-likeness (QED) is 0.373. The minimum absolute atomic E-state index is 0.164. The number of amides is 2. The topological polar surface area (TPSA) is 128 Å². The number of rotatable bonds is 9. The number of benzene rings is 2. The van der Waals surface area contributed by atoms with Crippen molar-refractivity contribution >= 4 is 17.7 Å². The van der Waals surface area contributed by atoms with Crippen molar-refractivity contribution in [1.29, 1.82) is 0 Å². The summed E-state index contributed by atoms with van der Waals surface area (Å²) < 4.78 is 17.2. The number of ether oxygens (including phenoxy) is 3. The largest absolute Gasteiger partial charge is 0.505 e. The molecule has 2 amide bonds. The van der Waals surface area contributed by atoms with Gasteiger partial charge in [-0.2, -0.15) is 0 Å². The molecule has 3 N–H and O–H groups in total. The molecule has 0 bridgehead atoms. The van der Waals surface area contributed by atoms with Crippen LogP contribution in [0.2, 0.25) is 0 Å². The third kappa shape index (κ3) is 6.40. The Bertz CT molecular complexity index is 1350. The van der Waals surface area contributed by atoms with Gasteiger partial charge in [0.1, 0.15) is 17.2 Å². The number of pyridine rings is 1. The Balaban J connectivity index is 1.98. The van der Waals surface area contributed by atoms with Gasteiger partial charge in [-0.3, -0.25) is 9.59 Å². The predicted octanol–water partition coefficient (Wildman–Crippen LogP) is 3.90. The lowest BCUT2D eigenvalue weighted by Crippen LogP contribution is -2.36. The highest BCUT2D eigenvalue weighted by molar-refractivity contribution is 5.91. The van der Waals surface area contributed by atoms with E-state index >= 15 is 0 Å². The van der Waals surface area contributed by atoms with E-state index < -0.39 is 23.6 Å². The zero-order valence-corrected chi connectivity index (χ0v) is 21.5. The summed E-state index contributed by atoms with van der Waals surface area (Å²) in [4.78, 5) is 37.8. The van der Waals surface area contributed by atoms with Crippen molar-refractivity contribution in [2.45, 2.75) is 26.3 Å². The minimum Gasteiger partial charge on any atom is -0.505 e. The maximum atomic E-state index is 12.9. The molecule has 10 nitrogen and oxygen atoms in total. The lowest BCUT2D eigenvalue weighted by Gasteiger charge is -2.21. The summed E-state index contributed by atoms with van der Waals surface area (Å²) in [5, 5.41) is 15.5. The number of hydrogen-bond acceptors (Lipinski definition) is 7. The van der Waals surface area contributed by atoms with Crippen LogP contribution in [0.3, 0.4) is 0 Å². The second kappa shape index (κ2) is 12.0. The van der Waals surface area contributed by atoms with Crippen LogP contribution in [0.15, 0.2) is 53.5 Å². The molecule has 0 unspecified atom stereocenters. The molecule has 0 fully saturated rings. The normalized spacial score (nSPS) is 11.4. The Kier molecular flexibility index (Phi) is 8.78. The van der Waals surface area contributed by atoms with Crippen LogP contribution in [0.25, 0.3) is 11.1 Å². The van der Waals surface area contributed by atoms with E-state index in [0.717, 1.165) is 11.1 Å². The van der Waals surface area contributed by atoms with Gasteiger partial charge in [-0.25, -0.2) is 4.79 Å². The number of carbonyl (C=O) groups excluding carboxylic acids is 2. The number of carbonyl (C=O) groups is 2. The first-order valence-electron chi connectivity index (χ1n) is 11.6. The van der Waals surface area contributed by atoms with E-state index in [9.17, 15) is 19.5 Å². The van der Waals surface area contributed by atoms with Crippen molar-refractivity contribution in [3.63, 3.8) is 0 Å².